The van der Waals surface area contributed by atoms with Gasteiger partial charge in [-0.2, -0.15) is 0 Å². The number of hydrogen-bond acceptors (Lipinski definition) is 1. The minimum absolute atomic E-state index is 0.00307. The normalized spacial score (nSPS) is 12.9. The SMILES string of the molecule is Cc1oc(-c2cccc(Cl)c2)cc1C(Cl)CC(C)C. The van der Waals surface area contributed by atoms with Crippen LogP contribution in [0.2, 0.25) is 5.02 Å². The minimum Gasteiger partial charge on any atom is -0.461 e. The van der Waals surface area contributed by atoms with Gasteiger partial charge in [0.1, 0.15) is 11.5 Å². The molecule has 0 aliphatic heterocycles. The molecule has 1 aromatic heterocycles. The molecule has 0 bridgehead atoms. The van der Waals surface area contributed by atoms with Gasteiger partial charge in [-0.15, -0.1) is 11.6 Å². The molecule has 0 N–H and O–H groups in total. The first-order valence-corrected chi connectivity index (χ1v) is 7.29. The van der Waals surface area contributed by atoms with Crippen LogP contribution in [-0.4, -0.2) is 0 Å². The van der Waals surface area contributed by atoms with Crippen LogP contribution >= 0.6 is 23.2 Å². The Hall–Kier alpha value is -0.920. The van der Waals surface area contributed by atoms with Crippen molar-refractivity contribution < 1.29 is 4.42 Å². The van der Waals surface area contributed by atoms with Crippen LogP contribution in [0, 0.1) is 12.8 Å². The lowest BCUT2D eigenvalue weighted by Crippen LogP contribution is -1.96. The molecule has 2 rings (SSSR count). The van der Waals surface area contributed by atoms with E-state index in [0.717, 1.165) is 29.1 Å². The first kappa shape index (κ1) is 14.5. The monoisotopic (exact) mass is 296 g/mol. The van der Waals surface area contributed by atoms with E-state index in [0.29, 0.717) is 10.9 Å². The van der Waals surface area contributed by atoms with Crippen molar-refractivity contribution in [3.8, 4) is 11.3 Å². The Labute approximate surface area is 124 Å². The van der Waals surface area contributed by atoms with Crippen LogP contribution in [-0.2, 0) is 0 Å². The molecule has 1 unspecified atom stereocenters. The summed E-state index contributed by atoms with van der Waals surface area (Å²) in [7, 11) is 0. The summed E-state index contributed by atoms with van der Waals surface area (Å²) in [5.41, 5.74) is 2.06. The Kier molecular flexibility index (Phi) is 4.59. The Balaban J connectivity index is 2.30. The molecule has 1 heterocycles. The Morgan fingerprint density at radius 2 is 1.95 bits per heavy atom. The van der Waals surface area contributed by atoms with E-state index in [9.17, 15) is 0 Å². The molecule has 1 atom stereocenters. The van der Waals surface area contributed by atoms with Gasteiger partial charge >= 0.3 is 0 Å². The number of halogens is 2. The zero-order valence-corrected chi connectivity index (χ0v) is 12.9. The van der Waals surface area contributed by atoms with E-state index in [1.54, 1.807) is 0 Å². The van der Waals surface area contributed by atoms with Crippen molar-refractivity contribution in [2.75, 3.05) is 0 Å². The Morgan fingerprint density at radius 1 is 1.21 bits per heavy atom. The summed E-state index contributed by atoms with van der Waals surface area (Å²) < 4.78 is 5.82. The fourth-order valence-corrected chi connectivity index (χ4v) is 2.90. The maximum absolute atomic E-state index is 6.45. The second kappa shape index (κ2) is 6.02. The number of furan rings is 1. The summed E-state index contributed by atoms with van der Waals surface area (Å²) in [6.07, 6.45) is 0.941. The number of rotatable bonds is 4. The van der Waals surface area contributed by atoms with E-state index in [-0.39, 0.29) is 5.38 Å². The average Bonchev–Trinajstić information content (AvgIpc) is 2.70. The molecule has 3 heteroatoms. The molecule has 0 saturated heterocycles. The van der Waals surface area contributed by atoms with Gasteiger partial charge in [0.15, 0.2) is 0 Å². The van der Waals surface area contributed by atoms with Gasteiger partial charge in [0, 0.05) is 16.1 Å². The van der Waals surface area contributed by atoms with E-state index in [1.165, 1.54) is 0 Å². The third-order valence-electron chi connectivity index (χ3n) is 3.08. The zero-order valence-electron chi connectivity index (χ0n) is 11.4. The van der Waals surface area contributed by atoms with Crippen LogP contribution in [0.5, 0.6) is 0 Å². The number of alkyl halides is 1. The largest absolute Gasteiger partial charge is 0.461 e. The van der Waals surface area contributed by atoms with Gasteiger partial charge in [0.25, 0.3) is 0 Å². The summed E-state index contributed by atoms with van der Waals surface area (Å²) in [5.74, 6) is 2.27. The first-order chi connectivity index (χ1) is 8.97. The summed E-state index contributed by atoms with van der Waals surface area (Å²) >= 11 is 12.5. The maximum atomic E-state index is 6.45. The summed E-state index contributed by atoms with van der Waals surface area (Å²) in [5, 5.41) is 0.703. The lowest BCUT2D eigenvalue weighted by Gasteiger charge is -2.10. The molecule has 2 aromatic rings. The van der Waals surface area contributed by atoms with Crippen LogP contribution in [0.4, 0.5) is 0 Å². The molecule has 1 aromatic carbocycles. The zero-order chi connectivity index (χ0) is 14.0. The lowest BCUT2D eigenvalue weighted by atomic mass is 10.0. The predicted octanol–water partition coefficient (Wildman–Crippen LogP) is 6.23. The summed E-state index contributed by atoms with van der Waals surface area (Å²) in [6, 6.07) is 9.68. The second-order valence-corrected chi connectivity index (χ2v) is 6.19. The van der Waals surface area contributed by atoms with Crippen LogP contribution in [0.1, 0.15) is 37.0 Å². The van der Waals surface area contributed by atoms with Crippen molar-refractivity contribution in [3.05, 3.63) is 46.7 Å². The molecule has 102 valence electrons. The van der Waals surface area contributed by atoms with Crippen LogP contribution in [0.15, 0.2) is 34.7 Å². The lowest BCUT2D eigenvalue weighted by molar-refractivity contribution is 0.530. The van der Waals surface area contributed by atoms with Gasteiger partial charge in [-0.1, -0.05) is 37.6 Å². The standard InChI is InChI=1S/C16H18Cl2O/c1-10(2)7-15(18)14-9-16(19-11(14)3)12-5-4-6-13(17)8-12/h4-6,8-10,15H,7H2,1-3H3. The molecule has 0 radical (unpaired) electrons. The van der Waals surface area contributed by atoms with Crippen molar-refractivity contribution in [2.24, 2.45) is 5.92 Å². The van der Waals surface area contributed by atoms with Crippen LogP contribution < -0.4 is 0 Å². The van der Waals surface area contributed by atoms with Gasteiger partial charge < -0.3 is 4.42 Å². The van der Waals surface area contributed by atoms with Gasteiger partial charge in [0.05, 0.1) is 5.38 Å². The molecule has 0 aliphatic carbocycles. The molecule has 1 nitrogen and oxygen atoms in total. The quantitative estimate of drug-likeness (QED) is 0.609. The third-order valence-corrected chi connectivity index (χ3v) is 3.73. The number of benzene rings is 1. The summed E-state index contributed by atoms with van der Waals surface area (Å²) in [6.45, 7) is 6.30. The van der Waals surface area contributed by atoms with Crippen molar-refractivity contribution in [3.63, 3.8) is 0 Å². The first-order valence-electron chi connectivity index (χ1n) is 6.47. The Morgan fingerprint density at radius 3 is 2.58 bits per heavy atom. The van der Waals surface area contributed by atoms with Crippen molar-refractivity contribution in [1.29, 1.82) is 0 Å². The van der Waals surface area contributed by atoms with E-state index >= 15 is 0 Å². The minimum atomic E-state index is -0.00307. The third kappa shape index (κ3) is 3.55. The number of aryl methyl sites for hydroxylation is 1. The van der Waals surface area contributed by atoms with E-state index < -0.39 is 0 Å². The van der Waals surface area contributed by atoms with Gasteiger partial charge in [-0.25, -0.2) is 0 Å². The van der Waals surface area contributed by atoms with Gasteiger partial charge in [-0.05, 0) is 37.5 Å². The van der Waals surface area contributed by atoms with Crippen molar-refractivity contribution in [2.45, 2.75) is 32.6 Å². The van der Waals surface area contributed by atoms with E-state index in [4.69, 9.17) is 27.6 Å². The van der Waals surface area contributed by atoms with Gasteiger partial charge in [-0.3, -0.25) is 0 Å². The fraction of sp³-hybridized carbons (Fsp3) is 0.375. The smallest absolute Gasteiger partial charge is 0.134 e. The fourth-order valence-electron chi connectivity index (χ4n) is 2.13. The predicted molar refractivity (Wildman–Crippen MR) is 81.9 cm³/mol. The topological polar surface area (TPSA) is 13.1 Å². The summed E-state index contributed by atoms with van der Waals surface area (Å²) in [4.78, 5) is 0. The highest BCUT2D eigenvalue weighted by atomic mass is 35.5. The number of hydrogen-bond donors (Lipinski definition) is 0. The Bertz CT molecular complexity index is 558. The van der Waals surface area contributed by atoms with Crippen LogP contribution in [0.3, 0.4) is 0 Å². The van der Waals surface area contributed by atoms with E-state index in [2.05, 4.69) is 13.8 Å². The van der Waals surface area contributed by atoms with E-state index in [1.807, 2.05) is 37.3 Å². The van der Waals surface area contributed by atoms with Crippen LogP contribution in [0.25, 0.3) is 11.3 Å². The highest BCUT2D eigenvalue weighted by Crippen LogP contribution is 2.35. The molecular weight excluding hydrogens is 279 g/mol. The molecule has 0 spiro atoms. The second-order valence-electron chi connectivity index (χ2n) is 5.23. The molecular formula is C16H18Cl2O. The maximum Gasteiger partial charge on any atom is 0.134 e. The highest BCUT2D eigenvalue weighted by Gasteiger charge is 2.17. The molecule has 19 heavy (non-hydrogen) atoms. The molecule has 0 amide bonds. The average molecular weight is 297 g/mol. The van der Waals surface area contributed by atoms with Crippen molar-refractivity contribution >= 4 is 23.2 Å². The van der Waals surface area contributed by atoms with Crippen molar-refractivity contribution in [1.82, 2.24) is 0 Å². The highest BCUT2D eigenvalue weighted by molar-refractivity contribution is 6.30. The van der Waals surface area contributed by atoms with Gasteiger partial charge in [0.2, 0.25) is 0 Å². The molecule has 0 fully saturated rings. The molecule has 0 saturated carbocycles. The molecule has 0 aliphatic rings.